The van der Waals surface area contributed by atoms with Gasteiger partial charge in [0.2, 0.25) is 5.91 Å². The minimum atomic E-state index is -0.752. The zero-order chi connectivity index (χ0) is 15.2. The molecule has 1 amide bonds. The Bertz CT molecular complexity index is 507. The summed E-state index contributed by atoms with van der Waals surface area (Å²) in [6, 6.07) is 7.30. The fourth-order valence-corrected chi connectivity index (χ4v) is 2.68. The van der Waals surface area contributed by atoms with E-state index in [4.69, 9.17) is 9.84 Å². The predicted octanol–water partition coefficient (Wildman–Crippen LogP) is 2.91. The van der Waals surface area contributed by atoms with Crippen molar-refractivity contribution < 1.29 is 19.4 Å². The van der Waals surface area contributed by atoms with E-state index in [1.165, 1.54) is 0 Å². The smallest absolute Gasteiger partial charge is 0.306 e. The van der Waals surface area contributed by atoms with Crippen molar-refractivity contribution in [1.82, 2.24) is 0 Å². The Hall–Kier alpha value is -2.04. The maximum absolute atomic E-state index is 12.2. The van der Waals surface area contributed by atoms with Crippen molar-refractivity contribution in [2.75, 3.05) is 11.9 Å². The van der Waals surface area contributed by atoms with Gasteiger partial charge in [-0.25, -0.2) is 0 Å². The zero-order valence-corrected chi connectivity index (χ0v) is 12.2. The lowest BCUT2D eigenvalue weighted by molar-refractivity contribution is -0.143. The molecule has 1 aliphatic rings. The van der Waals surface area contributed by atoms with Crippen molar-refractivity contribution in [1.29, 1.82) is 0 Å². The van der Waals surface area contributed by atoms with E-state index in [0.717, 1.165) is 5.75 Å². The monoisotopic (exact) mass is 291 g/mol. The topological polar surface area (TPSA) is 75.6 Å². The normalized spacial score (nSPS) is 21.6. The first-order valence-corrected chi connectivity index (χ1v) is 7.36. The van der Waals surface area contributed by atoms with E-state index in [2.05, 4.69) is 5.32 Å². The number of carbonyl (C=O) groups is 2. The number of nitrogens with one attached hydrogen (secondary N) is 1. The molecule has 1 aromatic rings. The number of benzene rings is 1. The largest absolute Gasteiger partial charge is 0.494 e. The van der Waals surface area contributed by atoms with Gasteiger partial charge in [-0.05, 0) is 44.7 Å². The van der Waals surface area contributed by atoms with Crippen LogP contribution in [0.4, 0.5) is 5.69 Å². The number of rotatable bonds is 5. The van der Waals surface area contributed by atoms with E-state index in [0.29, 0.717) is 38.0 Å². The van der Waals surface area contributed by atoms with Crippen LogP contribution >= 0.6 is 0 Å². The van der Waals surface area contributed by atoms with Crippen LogP contribution in [0.1, 0.15) is 32.6 Å². The van der Waals surface area contributed by atoms with Gasteiger partial charge in [0.25, 0.3) is 0 Å². The zero-order valence-electron chi connectivity index (χ0n) is 12.2. The molecule has 0 unspecified atom stereocenters. The molecule has 0 saturated heterocycles. The molecule has 0 atom stereocenters. The highest BCUT2D eigenvalue weighted by atomic mass is 16.5. The molecular formula is C16H21NO4. The molecular weight excluding hydrogens is 270 g/mol. The Morgan fingerprint density at radius 1 is 1.24 bits per heavy atom. The van der Waals surface area contributed by atoms with E-state index < -0.39 is 5.97 Å². The maximum Gasteiger partial charge on any atom is 0.306 e. The number of amides is 1. The summed E-state index contributed by atoms with van der Waals surface area (Å²) in [5.41, 5.74) is 0.714. The van der Waals surface area contributed by atoms with Gasteiger partial charge in [0.15, 0.2) is 0 Å². The second-order valence-corrected chi connectivity index (χ2v) is 5.34. The van der Waals surface area contributed by atoms with Gasteiger partial charge in [-0.3, -0.25) is 9.59 Å². The highest BCUT2D eigenvalue weighted by molar-refractivity contribution is 5.92. The fourth-order valence-electron chi connectivity index (χ4n) is 2.68. The van der Waals surface area contributed by atoms with E-state index in [1.54, 1.807) is 6.07 Å². The SMILES string of the molecule is CCOc1cccc(NC(=O)C2CCC(C(=O)O)CC2)c1. The second-order valence-electron chi connectivity index (χ2n) is 5.34. The highest BCUT2D eigenvalue weighted by Gasteiger charge is 2.29. The summed E-state index contributed by atoms with van der Waals surface area (Å²) in [5.74, 6) is -0.456. The molecule has 1 aromatic carbocycles. The van der Waals surface area contributed by atoms with Gasteiger partial charge >= 0.3 is 5.97 Å². The lowest BCUT2D eigenvalue weighted by atomic mass is 9.81. The van der Waals surface area contributed by atoms with Gasteiger partial charge in [0.05, 0.1) is 12.5 Å². The standard InChI is InChI=1S/C16H21NO4/c1-2-21-14-5-3-4-13(10-14)17-15(18)11-6-8-12(9-7-11)16(19)20/h3-5,10-12H,2,6-9H2,1H3,(H,17,18)(H,19,20). The first-order chi connectivity index (χ1) is 10.1. The van der Waals surface area contributed by atoms with Crippen LogP contribution in [0.15, 0.2) is 24.3 Å². The van der Waals surface area contributed by atoms with Crippen LogP contribution < -0.4 is 10.1 Å². The molecule has 2 N–H and O–H groups in total. The van der Waals surface area contributed by atoms with Gasteiger partial charge < -0.3 is 15.2 Å². The fraction of sp³-hybridized carbons (Fsp3) is 0.500. The van der Waals surface area contributed by atoms with Crippen molar-refractivity contribution >= 4 is 17.6 Å². The molecule has 0 radical (unpaired) electrons. The number of ether oxygens (including phenoxy) is 1. The molecule has 1 saturated carbocycles. The average molecular weight is 291 g/mol. The molecule has 0 aromatic heterocycles. The number of carboxylic acids is 1. The second kappa shape index (κ2) is 7.11. The first-order valence-electron chi connectivity index (χ1n) is 7.36. The van der Waals surface area contributed by atoms with Crippen LogP contribution in [-0.2, 0) is 9.59 Å². The molecule has 0 bridgehead atoms. The number of carboxylic acid groups (broad SMARTS) is 1. The molecule has 5 nitrogen and oxygen atoms in total. The Morgan fingerprint density at radius 2 is 1.90 bits per heavy atom. The lowest BCUT2D eigenvalue weighted by Crippen LogP contribution is -2.29. The lowest BCUT2D eigenvalue weighted by Gasteiger charge is -2.25. The third-order valence-corrected chi connectivity index (χ3v) is 3.86. The van der Waals surface area contributed by atoms with Crippen molar-refractivity contribution in [2.45, 2.75) is 32.6 Å². The number of carbonyl (C=O) groups excluding carboxylic acids is 1. The summed E-state index contributed by atoms with van der Waals surface area (Å²) < 4.78 is 5.40. The molecule has 114 valence electrons. The Balaban J connectivity index is 1.90. The number of anilines is 1. The summed E-state index contributed by atoms with van der Waals surface area (Å²) in [7, 11) is 0. The number of hydrogen-bond acceptors (Lipinski definition) is 3. The minimum Gasteiger partial charge on any atom is -0.494 e. The van der Waals surface area contributed by atoms with Crippen LogP contribution in [0.3, 0.4) is 0 Å². The van der Waals surface area contributed by atoms with Crippen molar-refractivity contribution in [3.8, 4) is 5.75 Å². The Morgan fingerprint density at radius 3 is 2.52 bits per heavy atom. The van der Waals surface area contributed by atoms with Crippen LogP contribution in [0, 0.1) is 11.8 Å². The molecule has 5 heteroatoms. The third kappa shape index (κ3) is 4.21. The average Bonchev–Trinajstić information content (AvgIpc) is 2.48. The minimum absolute atomic E-state index is 0.0347. The van der Waals surface area contributed by atoms with Gasteiger partial charge in [0.1, 0.15) is 5.75 Å². The van der Waals surface area contributed by atoms with Crippen molar-refractivity contribution in [3.05, 3.63) is 24.3 Å². The summed E-state index contributed by atoms with van der Waals surface area (Å²) in [5, 5.41) is 11.9. The Labute approximate surface area is 124 Å². The van der Waals surface area contributed by atoms with Crippen molar-refractivity contribution in [3.63, 3.8) is 0 Å². The summed E-state index contributed by atoms with van der Waals surface area (Å²) in [6.07, 6.45) is 2.42. The van der Waals surface area contributed by atoms with Gasteiger partial charge in [-0.15, -0.1) is 0 Å². The molecule has 0 spiro atoms. The number of aliphatic carboxylic acids is 1. The molecule has 21 heavy (non-hydrogen) atoms. The quantitative estimate of drug-likeness (QED) is 0.874. The van der Waals surface area contributed by atoms with Crippen LogP contribution in [-0.4, -0.2) is 23.6 Å². The van der Waals surface area contributed by atoms with Gasteiger partial charge in [0, 0.05) is 17.7 Å². The Kier molecular flexibility index (Phi) is 5.20. The molecule has 0 heterocycles. The summed E-state index contributed by atoms with van der Waals surface area (Å²) >= 11 is 0. The molecule has 1 fully saturated rings. The van der Waals surface area contributed by atoms with E-state index in [-0.39, 0.29) is 17.7 Å². The predicted molar refractivity (Wildman–Crippen MR) is 79.3 cm³/mol. The van der Waals surface area contributed by atoms with Crippen LogP contribution in [0.25, 0.3) is 0 Å². The summed E-state index contributed by atoms with van der Waals surface area (Å²) in [6.45, 7) is 2.49. The maximum atomic E-state index is 12.2. The first kappa shape index (κ1) is 15.4. The van der Waals surface area contributed by atoms with Gasteiger partial charge in [-0.2, -0.15) is 0 Å². The van der Waals surface area contributed by atoms with E-state index >= 15 is 0 Å². The summed E-state index contributed by atoms with van der Waals surface area (Å²) in [4.78, 5) is 23.1. The van der Waals surface area contributed by atoms with E-state index in [9.17, 15) is 9.59 Å². The molecule has 2 rings (SSSR count). The van der Waals surface area contributed by atoms with Crippen LogP contribution in [0.5, 0.6) is 5.75 Å². The van der Waals surface area contributed by atoms with E-state index in [1.807, 2.05) is 25.1 Å². The highest BCUT2D eigenvalue weighted by Crippen LogP contribution is 2.30. The van der Waals surface area contributed by atoms with Crippen LogP contribution in [0.2, 0.25) is 0 Å². The van der Waals surface area contributed by atoms with Gasteiger partial charge in [-0.1, -0.05) is 6.07 Å². The molecule has 0 aliphatic heterocycles. The third-order valence-electron chi connectivity index (χ3n) is 3.86. The molecule has 1 aliphatic carbocycles. The van der Waals surface area contributed by atoms with Crippen molar-refractivity contribution in [2.24, 2.45) is 11.8 Å². The number of hydrogen-bond donors (Lipinski definition) is 2.